The molecule has 3 heterocycles. The molecule has 37 heavy (non-hydrogen) atoms. The monoisotopic (exact) mass is 528 g/mol. The third-order valence-corrected chi connectivity index (χ3v) is 7.81. The van der Waals surface area contributed by atoms with E-state index in [1.807, 2.05) is 24.4 Å². The van der Waals surface area contributed by atoms with Gasteiger partial charge in [-0.1, -0.05) is 29.3 Å². The summed E-state index contributed by atoms with van der Waals surface area (Å²) in [6.07, 6.45) is 4.43. The Morgan fingerprint density at radius 3 is 2.65 bits per heavy atom. The number of alkyl halides is 2. The second kappa shape index (κ2) is 10.5. The number of amides is 2. The molecule has 0 spiro atoms. The van der Waals surface area contributed by atoms with E-state index in [1.54, 1.807) is 4.90 Å². The highest BCUT2D eigenvalue weighted by Crippen LogP contribution is 2.38. The highest BCUT2D eigenvalue weighted by atomic mass is 35.5. The van der Waals surface area contributed by atoms with E-state index in [9.17, 15) is 18.4 Å². The van der Waals surface area contributed by atoms with Crippen molar-refractivity contribution in [2.24, 2.45) is 5.73 Å². The molecule has 2 N–H and O–H groups in total. The second-order valence-corrected chi connectivity index (χ2v) is 10.7. The van der Waals surface area contributed by atoms with Crippen molar-refractivity contribution in [3.05, 3.63) is 69.5 Å². The van der Waals surface area contributed by atoms with Gasteiger partial charge in [-0.25, -0.2) is 8.78 Å². The van der Waals surface area contributed by atoms with Gasteiger partial charge in [0.2, 0.25) is 11.8 Å². The number of nitrogens with two attached hydrogens (primary N) is 1. The van der Waals surface area contributed by atoms with Crippen LogP contribution in [-0.4, -0.2) is 64.7 Å². The topological polar surface area (TPSA) is 79.5 Å². The highest BCUT2D eigenvalue weighted by Gasteiger charge is 2.39. The molecule has 0 saturated carbocycles. The fourth-order valence-corrected chi connectivity index (χ4v) is 5.87. The van der Waals surface area contributed by atoms with E-state index in [4.69, 9.17) is 22.3 Å². The lowest BCUT2D eigenvalue weighted by Crippen LogP contribution is -2.51. The summed E-state index contributed by atoms with van der Waals surface area (Å²) in [5.41, 5.74) is 13.1. The number of fused-ring (bicyclic) bond motifs is 2. The first-order valence-electron chi connectivity index (χ1n) is 12.8. The zero-order valence-electron chi connectivity index (χ0n) is 20.7. The van der Waals surface area contributed by atoms with E-state index < -0.39 is 24.9 Å². The SMILES string of the molecule is NC(CC(=O)N1CCC(=C2c3ccc(Cl)cc3CCc3cccnc32)CC1)CN1CC(F)(F)CCC1=O. The normalized spacial score (nSPS) is 20.3. The number of carbonyl (C=O) groups is 2. The van der Waals surface area contributed by atoms with Gasteiger partial charge in [0.15, 0.2) is 0 Å². The van der Waals surface area contributed by atoms with Gasteiger partial charge in [0.1, 0.15) is 0 Å². The second-order valence-electron chi connectivity index (χ2n) is 10.3. The van der Waals surface area contributed by atoms with Gasteiger partial charge in [0.05, 0.1) is 12.2 Å². The number of piperidine rings is 2. The van der Waals surface area contributed by atoms with Crippen LogP contribution in [0.3, 0.4) is 0 Å². The molecule has 6 nitrogen and oxygen atoms in total. The first-order chi connectivity index (χ1) is 17.7. The maximum atomic E-state index is 13.7. The maximum Gasteiger partial charge on any atom is 0.265 e. The molecule has 9 heteroatoms. The van der Waals surface area contributed by atoms with Crippen molar-refractivity contribution in [2.45, 2.75) is 56.9 Å². The summed E-state index contributed by atoms with van der Waals surface area (Å²) < 4.78 is 27.5. The van der Waals surface area contributed by atoms with Crippen molar-refractivity contribution >= 4 is 29.0 Å². The molecule has 1 unspecified atom stereocenters. The molecule has 2 amide bonds. The third-order valence-electron chi connectivity index (χ3n) is 7.57. The van der Waals surface area contributed by atoms with E-state index in [1.165, 1.54) is 16.7 Å². The Balaban J connectivity index is 1.28. The van der Waals surface area contributed by atoms with Crippen LogP contribution >= 0.6 is 11.6 Å². The lowest BCUT2D eigenvalue weighted by molar-refractivity contribution is -0.148. The van der Waals surface area contributed by atoms with E-state index in [2.05, 4.69) is 12.1 Å². The summed E-state index contributed by atoms with van der Waals surface area (Å²) in [5.74, 6) is -3.34. The number of pyridine rings is 1. The first kappa shape index (κ1) is 25.8. The lowest BCUT2D eigenvalue weighted by atomic mass is 9.88. The molecular weight excluding hydrogens is 498 g/mol. The average Bonchev–Trinajstić information content (AvgIpc) is 3.03. The molecule has 0 bridgehead atoms. The van der Waals surface area contributed by atoms with Crippen LogP contribution in [0.1, 0.15) is 54.5 Å². The van der Waals surface area contributed by atoms with Gasteiger partial charge in [-0.2, -0.15) is 0 Å². The van der Waals surface area contributed by atoms with Crippen molar-refractivity contribution in [1.29, 1.82) is 0 Å². The minimum absolute atomic E-state index is 0.0208. The van der Waals surface area contributed by atoms with Crippen LogP contribution in [0.4, 0.5) is 8.78 Å². The largest absolute Gasteiger partial charge is 0.342 e. The summed E-state index contributed by atoms with van der Waals surface area (Å²) in [6.45, 7) is 0.439. The molecule has 2 fully saturated rings. The molecule has 196 valence electrons. The number of halogens is 3. The molecule has 2 saturated heterocycles. The smallest absolute Gasteiger partial charge is 0.265 e. The van der Waals surface area contributed by atoms with Gasteiger partial charge < -0.3 is 15.5 Å². The van der Waals surface area contributed by atoms with Crippen molar-refractivity contribution in [3.63, 3.8) is 0 Å². The van der Waals surface area contributed by atoms with Gasteiger partial charge in [0.25, 0.3) is 5.92 Å². The van der Waals surface area contributed by atoms with Crippen LogP contribution in [0.2, 0.25) is 5.02 Å². The molecule has 1 aromatic heterocycles. The van der Waals surface area contributed by atoms with Crippen LogP contribution in [-0.2, 0) is 22.4 Å². The number of rotatable bonds is 4. The van der Waals surface area contributed by atoms with Crippen LogP contribution in [0, 0.1) is 0 Å². The van der Waals surface area contributed by atoms with Gasteiger partial charge in [-0.15, -0.1) is 0 Å². The molecule has 0 radical (unpaired) electrons. The Morgan fingerprint density at radius 1 is 1.11 bits per heavy atom. The number of benzene rings is 1. The number of likely N-dealkylation sites (tertiary alicyclic amines) is 2. The number of aromatic nitrogens is 1. The Kier molecular flexibility index (Phi) is 7.32. The van der Waals surface area contributed by atoms with Crippen LogP contribution in [0.25, 0.3) is 5.57 Å². The van der Waals surface area contributed by atoms with Gasteiger partial charge >= 0.3 is 0 Å². The Labute approximate surface area is 220 Å². The quantitative estimate of drug-likeness (QED) is 0.644. The summed E-state index contributed by atoms with van der Waals surface area (Å²) in [6, 6.07) is 9.43. The van der Waals surface area contributed by atoms with E-state index in [-0.39, 0.29) is 31.2 Å². The molecule has 3 aliphatic rings. The predicted molar refractivity (Wildman–Crippen MR) is 138 cm³/mol. The fourth-order valence-electron chi connectivity index (χ4n) is 5.67. The number of hydrogen-bond donors (Lipinski definition) is 1. The van der Waals surface area contributed by atoms with Gasteiger partial charge in [-0.05, 0) is 60.6 Å². The fraction of sp³-hybridized carbons (Fsp3) is 0.464. The number of carbonyl (C=O) groups excluding carboxylic acids is 2. The minimum Gasteiger partial charge on any atom is -0.342 e. The average molecular weight is 529 g/mol. The first-order valence-corrected chi connectivity index (χ1v) is 13.2. The van der Waals surface area contributed by atoms with Crippen molar-refractivity contribution < 1.29 is 18.4 Å². The lowest BCUT2D eigenvalue weighted by Gasteiger charge is -2.35. The van der Waals surface area contributed by atoms with E-state index in [0.717, 1.165) is 34.6 Å². The minimum atomic E-state index is -2.90. The molecule has 1 aromatic carbocycles. The molecule has 5 rings (SSSR count). The zero-order chi connectivity index (χ0) is 26.2. The number of nitrogens with zero attached hydrogens (tertiary/aromatic N) is 3. The molecule has 2 aromatic rings. The van der Waals surface area contributed by atoms with Crippen LogP contribution < -0.4 is 5.73 Å². The molecule has 1 atom stereocenters. The van der Waals surface area contributed by atoms with E-state index >= 15 is 0 Å². The summed E-state index contributed by atoms with van der Waals surface area (Å²) in [7, 11) is 0. The zero-order valence-corrected chi connectivity index (χ0v) is 21.4. The Morgan fingerprint density at radius 2 is 1.86 bits per heavy atom. The van der Waals surface area contributed by atoms with Gasteiger partial charge in [0, 0.05) is 61.7 Å². The number of aryl methyl sites for hydroxylation is 2. The highest BCUT2D eigenvalue weighted by molar-refractivity contribution is 6.30. The van der Waals surface area contributed by atoms with E-state index in [0.29, 0.717) is 31.0 Å². The predicted octanol–water partition coefficient (Wildman–Crippen LogP) is 4.23. The molecule has 1 aliphatic carbocycles. The molecule has 2 aliphatic heterocycles. The van der Waals surface area contributed by atoms with Crippen molar-refractivity contribution in [2.75, 3.05) is 26.2 Å². The Bertz CT molecular complexity index is 1240. The Hall–Kier alpha value is -2.84. The van der Waals surface area contributed by atoms with Gasteiger partial charge in [-0.3, -0.25) is 14.6 Å². The third kappa shape index (κ3) is 5.70. The maximum absolute atomic E-state index is 13.7. The van der Waals surface area contributed by atoms with Crippen LogP contribution in [0.5, 0.6) is 0 Å². The summed E-state index contributed by atoms with van der Waals surface area (Å²) in [4.78, 5) is 32.7. The summed E-state index contributed by atoms with van der Waals surface area (Å²) >= 11 is 6.31. The summed E-state index contributed by atoms with van der Waals surface area (Å²) in [5, 5.41) is 0.716. The van der Waals surface area contributed by atoms with Crippen molar-refractivity contribution in [1.82, 2.24) is 14.8 Å². The van der Waals surface area contributed by atoms with Crippen LogP contribution in [0.15, 0.2) is 42.1 Å². The standard InChI is InChI=1S/C28H31ClF2N4O2/c29-21-5-6-23-20(14-21)4-3-19-2-1-11-33-27(19)26(23)18-8-12-34(13-9-18)25(37)15-22(32)16-35-17-28(30,31)10-7-24(35)36/h1-2,5-6,11,14,22H,3-4,7-10,12-13,15-17,32H2. The molecular formula is C28H31ClF2N4O2. The number of hydrogen-bond acceptors (Lipinski definition) is 4. The van der Waals surface area contributed by atoms with Crippen molar-refractivity contribution in [3.8, 4) is 0 Å².